The van der Waals surface area contributed by atoms with Gasteiger partial charge < -0.3 is 54.4 Å². The van der Waals surface area contributed by atoms with Crippen LogP contribution in [0.1, 0.15) is 86.2 Å². The average Bonchev–Trinajstić information content (AvgIpc) is 3.41. The zero-order valence-electron chi connectivity index (χ0n) is 43.5. The smallest absolute Gasteiger partial charge is 0.232 e. The fourth-order valence-corrected chi connectivity index (χ4v) is 7.98. The van der Waals surface area contributed by atoms with Gasteiger partial charge in [-0.25, -0.2) is 19.9 Å². The van der Waals surface area contributed by atoms with Crippen LogP contribution in [0.5, 0.6) is 0 Å². The topological polar surface area (TPSA) is 394 Å². The molecule has 6 aromatic heterocycles. The maximum absolute atomic E-state index is 5.99. The van der Waals surface area contributed by atoms with E-state index in [1.165, 1.54) is 6.33 Å². The number of para-hydroxylation sites is 1. The van der Waals surface area contributed by atoms with Gasteiger partial charge >= 0.3 is 0 Å². The second kappa shape index (κ2) is 31.3. The molecular weight excluding hydrogens is 1020 g/mol. The Bertz CT molecular complexity index is 2870. The Morgan fingerprint density at radius 1 is 0.442 bits per heavy atom. The van der Waals surface area contributed by atoms with Crippen LogP contribution in [0.3, 0.4) is 0 Å². The number of aryl methyl sites for hydroxylation is 7. The first-order valence-electron chi connectivity index (χ1n) is 25.8. The van der Waals surface area contributed by atoms with Crippen LogP contribution in [0.15, 0.2) is 41.8 Å². The number of nitrogen functional groups attached to an aromatic ring is 2. The van der Waals surface area contributed by atoms with E-state index in [0.717, 1.165) is 42.9 Å². The molecule has 7 rings (SSSR count). The van der Waals surface area contributed by atoms with E-state index in [1.807, 2.05) is 30.3 Å². The summed E-state index contributed by atoms with van der Waals surface area (Å²) in [5, 5.41) is 23.8. The van der Waals surface area contributed by atoms with Gasteiger partial charge in [-0.05, 0) is 69.9 Å². The van der Waals surface area contributed by atoms with Crippen molar-refractivity contribution in [3.05, 3.63) is 77.4 Å². The van der Waals surface area contributed by atoms with Crippen molar-refractivity contribution in [2.45, 2.75) is 96.1 Å². The van der Waals surface area contributed by atoms with E-state index in [2.05, 4.69) is 127 Å². The number of rotatable bonds is 35. The molecule has 13 N–H and O–H groups in total. The van der Waals surface area contributed by atoms with Gasteiger partial charge in [-0.3, -0.25) is 0 Å². The SMILES string of the molecule is CCSc1nc(CCCN)nc(NCCCc2nc(NCCCc3nc(NCCS)nc(NCCCc4ncnc(NCCCc5nc(N)nc(NCCCc6nc(C)nc(N)n6)n5)n4)n3)nc(Nc3ccccc3)n2)n1. The number of anilines is 10. The van der Waals surface area contributed by atoms with Crippen molar-refractivity contribution >= 4 is 83.6 Å². The highest BCUT2D eigenvalue weighted by atomic mass is 32.2. The van der Waals surface area contributed by atoms with E-state index in [0.29, 0.717) is 185 Å². The van der Waals surface area contributed by atoms with Gasteiger partial charge in [0, 0.05) is 89.2 Å². The first-order valence-corrected chi connectivity index (χ1v) is 27.4. The molecule has 0 saturated carbocycles. The molecule has 0 bridgehead atoms. The van der Waals surface area contributed by atoms with Crippen LogP contribution in [0.2, 0.25) is 0 Å². The highest BCUT2D eigenvalue weighted by molar-refractivity contribution is 7.99. The van der Waals surface area contributed by atoms with Crippen molar-refractivity contribution in [2.75, 3.05) is 106 Å². The van der Waals surface area contributed by atoms with Gasteiger partial charge in [-0.1, -0.05) is 36.9 Å². The van der Waals surface area contributed by atoms with Crippen LogP contribution >= 0.6 is 24.4 Å². The van der Waals surface area contributed by atoms with E-state index in [1.54, 1.807) is 18.7 Å². The molecule has 0 saturated heterocycles. The summed E-state index contributed by atoms with van der Waals surface area (Å²) in [5.74, 6) is 9.67. The normalized spacial score (nSPS) is 11.1. The predicted molar refractivity (Wildman–Crippen MR) is 302 cm³/mol. The maximum Gasteiger partial charge on any atom is 0.232 e. The summed E-state index contributed by atoms with van der Waals surface area (Å²) < 4.78 is 0. The molecule has 30 heteroatoms. The summed E-state index contributed by atoms with van der Waals surface area (Å²) >= 11 is 5.94. The predicted octanol–water partition coefficient (Wildman–Crippen LogP) is 3.58. The van der Waals surface area contributed by atoms with Crippen molar-refractivity contribution in [1.29, 1.82) is 0 Å². The number of aromatic nitrogens is 18. The van der Waals surface area contributed by atoms with Crippen LogP contribution < -0.4 is 54.4 Å². The summed E-state index contributed by atoms with van der Waals surface area (Å²) in [4.78, 5) is 80.9. The van der Waals surface area contributed by atoms with Gasteiger partial charge in [0.15, 0.2) is 5.16 Å². The standard InChI is InChI=1S/C47H68N28S2/c1-3-77-47-71-37(15-7-21-48)69-45(75-47)55-26-12-20-36-68-43(74-46(70-36)61-31-13-5-4-6-14-31)54-25-11-19-35-66-42(73-44(67-35)56-27-28-76)53-23-8-16-32-57-29-58-40(64-32)51-22-10-18-34-63-39(50)72-41(65-34)52-24-9-17-33-59-30(2)60-38(49)62-33/h4-6,13-14,29,76H,3,7-12,15-28,48H2,1-2H3,(H2,49,59,60,62)(H,51,57,58,64)(H,55,69,71,75)(H3,50,52,63,65,72)(H2,53,56,66,67,73)(H2,54,61,68,70,74). The Hall–Kier alpha value is -7.86. The number of benzene rings is 1. The van der Waals surface area contributed by atoms with Gasteiger partial charge in [-0.15, -0.1) is 0 Å². The minimum absolute atomic E-state index is 0.149. The summed E-state index contributed by atoms with van der Waals surface area (Å²) in [6.45, 7) is 7.97. The van der Waals surface area contributed by atoms with Crippen molar-refractivity contribution in [2.24, 2.45) is 5.73 Å². The summed E-state index contributed by atoms with van der Waals surface area (Å²) in [6.07, 6.45) is 9.59. The molecule has 0 spiro atoms. The van der Waals surface area contributed by atoms with Crippen LogP contribution in [-0.4, -0.2) is 147 Å². The molecule has 0 atom stereocenters. The van der Waals surface area contributed by atoms with Gasteiger partial charge in [0.1, 0.15) is 47.1 Å². The van der Waals surface area contributed by atoms with Gasteiger partial charge in [0.2, 0.25) is 53.5 Å². The Balaban J connectivity index is 0.850. The number of hydrogen-bond donors (Lipinski definition) is 11. The third kappa shape index (κ3) is 20.7. The molecule has 6 heterocycles. The lowest BCUT2D eigenvalue weighted by molar-refractivity contribution is 0.734. The molecule has 408 valence electrons. The zero-order chi connectivity index (χ0) is 53.9. The number of thiol groups is 1. The minimum atomic E-state index is 0.149. The van der Waals surface area contributed by atoms with Crippen molar-refractivity contribution < 1.29 is 0 Å². The van der Waals surface area contributed by atoms with Gasteiger partial charge in [0.05, 0.1) is 0 Å². The number of nitrogens with zero attached hydrogens (tertiary/aromatic N) is 18. The van der Waals surface area contributed by atoms with Crippen molar-refractivity contribution in [1.82, 2.24) is 89.7 Å². The first kappa shape index (κ1) is 56.9. The number of nitrogens with two attached hydrogens (primary N) is 3. The molecule has 0 fully saturated rings. The molecule has 28 nitrogen and oxygen atoms in total. The maximum atomic E-state index is 5.99. The molecule has 0 unspecified atom stereocenters. The first-order chi connectivity index (χ1) is 37.7. The Morgan fingerprint density at radius 2 is 0.883 bits per heavy atom. The minimum Gasteiger partial charge on any atom is -0.368 e. The number of nitrogens with one attached hydrogen (secondary N) is 7. The van der Waals surface area contributed by atoms with E-state index < -0.39 is 0 Å². The van der Waals surface area contributed by atoms with Crippen LogP contribution in [-0.2, 0) is 38.5 Å². The average molecular weight is 1090 g/mol. The largest absolute Gasteiger partial charge is 0.368 e. The highest BCUT2D eigenvalue weighted by Gasteiger charge is 2.13. The Morgan fingerprint density at radius 3 is 1.44 bits per heavy atom. The molecule has 0 aliphatic rings. The van der Waals surface area contributed by atoms with Gasteiger partial charge in [-0.2, -0.15) is 82.4 Å². The van der Waals surface area contributed by atoms with E-state index in [-0.39, 0.29) is 11.9 Å². The van der Waals surface area contributed by atoms with Crippen molar-refractivity contribution in [3.63, 3.8) is 0 Å². The fraction of sp³-hybridized carbons (Fsp3) is 0.489. The third-order valence-electron chi connectivity index (χ3n) is 10.8. The second-order valence-corrected chi connectivity index (χ2v) is 18.8. The second-order valence-electron chi connectivity index (χ2n) is 17.1. The Labute approximate surface area is 456 Å². The lowest BCUT2D eigenvalue weighted by atomic mass is 10.3. The van der Waals surface area contributed by atoms with E-state index >= 15 is 0 Å². The molecule has 0 aliphatic heterocycles. The van der Waals surface area contributed by atoms with E-state index in [9.17, 15) is 0 Å². The monoisotopic (exact) mass is 1090 g/mol. The molecule has 0 aliphatic carbocycles. The van der Waals surface area contributed by atoms with Crippen LogP contribution in [0.25, 0.3) is 0 Å². The fourth-order valence-electron chi connectivity index (χ4n) is 7.29. The van der Waals surface area contributed by atoms with Crippen molar-refractivity contribution in [3.8, 4) is 0 Å². The molecule has 1 aromatic carbocycles. The van der Waals surface area contributed by atoms with Crippen LogP contribution in [0.4, 0.5) is 59.2 Å². The lowest BCUT2D eigenvalue weighted by Gasteiger charge is -2.12. The molecule has 0 amide bonds. The zero-order valence-corrected chi connectivity index (χ0v) is 45.2. The number of hydrogen-bond acceptors (Lipinski definition) is 30. The molecular formula is C47H68N28S2. The summed E-state index contributed by atoms with van der Waals surface area (Å²) in [6, 6.07) is 9.79. The third-order valence-corrected chi connectivity index (χ3v) is 11.7. The summed E-state index contributed by atoms with van der Waals surface area (Å²) in [7, 11) is 0. The molecule has 77 heavy (non-hydrogen) atoms. The van der Waals surface area contributed by atoms with E-state index in [4.69, 9.17) is 37.1 Å². The lowest BCUT2D eigenvalue weighted by Crippen LogP contribution is -2.15. The van der Waals surface area contributed by atoms with Gasteiger partial charge in [0.25, 0.3) is 0 Å². The quantitative estimate of drug-likeness (QED) is 0.0154. The highest BCUT2D eigenvalue weighted by Crippen LogP contribution is 2.18. The molecule has 7 aromatic rings. The summed E-state index contributed by atoms with van der Waals surface area (Å²) in [5.41, 5.74) is 18.3. The van der Waals surface area contributed by atoms with Crippen LogP contribution in [0, 0.1) is 6.92 Å². The Kier molecular flexibility index (Phi) is 23.1. The molecule has 0 radical (unpaired) electrons. The number of thioether (sulfide) groups is 1.